The lowest BCUT2D eigenvalue weighted by Crippen LogP contribution is -2.28. The van der Waals surface area contributed by atoms with E-state index in [1.54, 1.807) is 35.7 Å². The zero-order valence-corrected chi connectivity index (χ0v) is 13.5. The van der Waals surface area contributed by atoms with Gasteiger partial charge in [0.05, 0.1) is 16.2 Å². The van der Waals surface area contributed by atoms with Gasteiger partial charge in [0.15, 0.2) is 0 Å². The van der Waals surface area contributed by atoms with Gasteiger partial charge in [-0.2, -0.15) is 0 Å². The molecule has 104 valence electrons. The van der Waals surface area contributed by atoms with E-state index >= 15 is 0 Å². The van der Waals surface area contributed by atoms with Crippen molar-refractivity contribution in [2.24, 2.45) is 0 Å². The number of carbonyl (C=O) groups is 1. The smallest absolute Gasteiger partial charge is 0.336 e. The van der Waals surface area contributed by atoms with E-state index in [0.29, 0.717) is 12.2 Å². The van der Waals surface area contributed by atoms with E-state index in [1.807, 2.05) is 6.26 Å². The van der Waals surface area contributed by atoms with Crippen molar-refractivity contribution >= 4 is 41.3 Å². The number of hydrogen-bond acceptors (Lipinski definition) is 5. The molecule has 1 aliphatic rings. The number of carboxylic acids is 1. The Labute approximate surface area is 125 Å². The van der Waals surface area contributed by atoms with Crippen LogP contribution in [0.4, 0.5) is 0 Å². The molecule has 1 N–H and O–H groups in total. The van der Waals surface area contributed by atoms with Crippen LogP contribution in [0.2, 0.25) is 0 Å². The molecule has 2 rings (SSSR count). The van der Waals surface area contributed by atoms with Crippen LogP contribution in [0.15, 0.2) is 17.0 Å². The highest BCUT2D eigenvalue weighted by Gasteiger charge is 2.40. The van der Waals surface area contributed by atoms with Gasteiger partial charge in [-0.3, -0.25) is 0 Å². The lowest BCUT2D eigenvalue weighted by Gasteiger charge is -2.37. The van der Waals surface area contributed by atoms with Crippen LogP contribution in [0, 0.1) is 0 Å². The molecule has 0 atom stereocenters. The molecule has 1 heterocycles. The average molecular weight is 316 g/mol. The van der Waals surface area contributed by atoms with Crippen molar-refractivity contribution in [3.05, 3.63) is 23.3 Å². The fourth-order valence-corrected chi connectivity index (χ4v) is 5.38. The van der Waals surface area contributed by atoms with Gasteiger partial charge < -0.3 is 9.84 Å². The number of aromatic carboxylic acids is 1. The van der Waals surface area contributed by atoms with Gasteiger partial charge in [-0.1, -0.05) is 0 Å². The van der Waals surface area contributed by atoms with Crippen LogP contribution >= 0.6 is 35.3 Å². The van der Waals surface area contributed by atoms with Gasteiger partial charge in [0.25, 0.3) is 0 Å². The SMILES string of the molecule is CSc1c(C(=O)O)ccc2c1C(SC)(SC)CCO2. The molecule has 0 aliphatic carbocycles. The van der Waals surface area contributed by atoms with Crippen LogP contribution in [-0.2, 0) is 4.08 Å². The highest BCUT2D eigenvalue weighted by atomic mass is 32.2. The van der Waals surface area contributed by atoms with Crippen LogP contribution < -0.4 is 4.74 Å². The fraction of sp³-hybridized carbons (Fsp3) is 0.462. The van der Waals surface area contributed by atoms with Gasteiger partial charge in [0.1, 0.15) is 5.75 Å². The predicted octanol–water partition coefficient (Wildman–Crippen LogP) is 3.77. The van der Waals surface area contributed by atoms with Gasteiger partial charge in [-0.15, -0.1) is 35.3 Å². The summed E-state index contributed by atoms with van der Waals surface area (Å²) in [6.07, 6.45) is 6.95. The molecule has 0 fully saturated rings. The number of ether oxygens (including phenoxy) is 1. The standard InChI is InChI=1S/C13H16O3S3/c1-17-11-8(12(14)15)4-5-9-10(11)13(18-2,19-3)6-7-16-9/h4-5H,6-7H2,1-3H3,(H,14,15). The zero-order valence-electron chi connectivity index (χ0n) is 11.1. The molecule has 0 saturated carbocycles. The molecule has 0 amide bonds. The van der Waals surface area contributed by atoms with Crippen LogP contribution in [0.3, 0.4) is 0 Å². The zero-order chi connectivity index (χ0) is 14.0. The normalized spacial score (nSPS) is 16.6. The Balaban J connectivity index is 2.72. The Morgan fingerprint density at radius 1 is 1.32 bits per heavy atom. The maximum absolute atomic E-state index is 11.4. The van der Waals surface area contributed by atoms with Gasteiger partial charge in [0.2, 0.25) is 0 Å². The van der Waals surface area contributed by atoms with E-state index < -0.39 is 5.97 Å². The molecule has 0 saturated heterocycles. The first-order chi connectivity index (χ1) is 9.09. The summed E-state index contributed by atoms with van der Waals surface area (Å²) in [6, 6.07) is 3.43. The first-order valence-corrected chi connectivity index (χ1v) is 9.45. The summed E-state index contributed by atoms with van der Waals surface area (Å²) in [7, 11) is 0. The maximum Gasteiger partial charge on any atom is 0.336 e. The maximum atomic E-state index is 11.4. The monoisotopic (exact) mass is 316 g/mol. The van der Waals surface area contributed by atoms with Crippen LogP contribution in [0.5, 0.6) is 5.75 Å². The van der Waals surface area contributed by atoms with Gasteiger partial charge in [-0.25, -0.2) is 4.79 Å². The largest absolute Gasteiger partial charge is 0.493 e. The summed E-state index contributed by atoms with van der Waals surface area (Å²) in [5.74, 6) is -0.0573. The van der Waals surface area contributed by atoms with Crippen LogP contribution in [-0.4, -0.2) is 36.5 Å². The molecule has 1 aliphatic heterocycles. The summed E-state index contributed by atoms with van der Waals surface area (Å²) >= 11 is 5.01. The van der Waals surface area contributed by atoms with Crippen molar-refractivity contribution < 1.29 is 14.6 Å². The molecule has 19 heavy (non-hydrogen) atoms. The quantitative estimate of drug-likeness (QED) is 0.674. The molecule has 0 aromatic heterocycles. The Morgan fingerprint density at radius 2 is 2.00 bits per heavy atom. The minimum absolute atomic E-state index is 0.114. The van der Waals surface area contributed by atoms with Crippen molar-refractivity contribution in [2.45, 2.75) is 15.4 Å². The Hall–Kier alpha value is -0.460. The van der Waals surface area contributed by atoms with Crippen molar-refractivity contribution in [1.29, 1.82) is 0 Å². The summed E-state index contributed by atoms with van der Waals surface area (Å²) in [4.78, 5) is 12.2. The topological polar surface area (TPSA) is 46.5 Å². The Morgan fingerprint density at radius 3 is 2.53 bits per heavy atom. The van der Waals surface area contributed by atoms with E-state index in [2.05, 4.69) is 12.5 Å². The minimum atomic E-state index is -0.881. The number of fused-ring (bicyclic) bond motifs is 1. The highest BCUT2D eigenvalue weighted by Crippen LogP contribution is 2.55. The summed E-state index contributed by atoms with van der Waals surface area (Å²) in [5, 5.41) is 9.35. The summed E-state index contributed by atoms with van der Waals surface area (Å²) < 4.78 is 5.61. The number of benzene rings is 1. The van der Waals surface area contributed by atoms with E-state index in [0.717, 1.165) is 22.6 Å². The third kappa shape index (κ3) is 2.45. The Kier molecular flexibility index (Phi) is 4.63. The number of rotatable bonds is 4. The third-order valence-electron chi connectivity index (χ3n) is 3.28. The van der Waals surface area contributed by atoms with Crippen molar-refractivity contribution in [3.8, 4) is 5.75 Å². The van der Waals surface area contributed by atoms with Crippen molar-refractivity contribution in [2.75, 3.05) is 25.4 Å². The number of hydrogen-bond donors (Lipinski definition) is 1. The van der Waals surface area contributed by atoms with Crippen molar-refractivity contribution in [3.63, 3.8) is 0 Å². The second kappa shape index (κ2) is 5.89. The second-order valence-electron chi connectivity index (χ2n) is 4.08. The lowest BCUT2D eigenvalue weighted by molar-refractivity contribution is 0.0692. The van der Waals surface area contributed by atoms with Gasteiger partial charge in [-0.05, 0) is 30.9 Å². The molecule has 0 unspecified atom stereocenters. The molecule has 0 spiro atoms. The van der Waals surface area contributed by atoms with E-state index in [-0.39, 0.29) is 4.08 Å². The predicted molar refractivity (Wildman–Crippen MR) is 84.0 cm³/mol. The first kappa shape index (κ1) is 14.9. The van der Waals surface area contributed by atoms with E-state index in [9.17, 15) is 9.90 Å². The molecular formula is C13H16O3S3. The molecule has 0 bridgehead atoms. The molecular weight excluding hydrogens is 300 g/mol. The fourth-order valence-electron chi connectivity index (χ4n) is 2.34. The number of thioether (sulfide) groups is 3. The second-order valence-corrected chi connectivity index (χ2v) is 7.37. The molecule has 6 heteroatoms. The van der Waals surface area contributed by atoms with Gasteiger partial charge in [0, 0.05) is 16.9 Å². The van der Waals surface area contributed by atoms with Gasteiger partial charge >= 0.3 is 5.97 Å². The molecule has 0 radical (unpaired) electrons. The number of carboxylic acid groups (broad SMARTS) is 1. The molecule has 3 nitrogen and oxygen atoms in total. The van der Waals surface area contributed by atoms with Crippen LogP contribution in [0.25, 0.3) is 0 Å². The Bertz CT molecular complexity index is 498. The van der Waals surface area contributed by atoms with Crippen molar-refractivity contribution in [1.82, 2.24) is 0 Å². The summed E-state index contributed by atoms with van der Waals surface area (Å²) in [5.41, 5.74) is 1.40. The summed E-state index contributed by atoms with van der Waals surface area (Å²) in [6.45, 7) is 0.676. The minimum Gasteiger partial charge on any atom is -0.493 e. The third-order valence-corrected chi connectivity index (χ3v) is 7.25. The van der Waals surface area contributed by atoms with E-state index in [1.165, 1.54) is 11.8 Å². The molecule has 1 aromatic carbocycles. The molecule has 1 aromatic rings. The lowest BCUT2D eigenvalue weighted by atomic mass is 10.0. The highest BCUT2D eigenvalue weighted by molar-refractivity contribution is 8.17. The average Bonchev–Trinajstić information content (AvgIpc) is 2.45. The first-order valence-electron chi connectivity index (χ1n) is 5.77. The van der Waals surface area contributed by atoms with Crippen LogP contribution in [0.1, 0.15) is 22.3 Å². The van der Waals surface area contributed by atoms with E-state index in [4.69, 9.17) is 4.74 Å².